The number of allylic oxidation sites excluding steroid dienone is 6. The molecule has 1 fully saturated rings. The summed E-state index contributed by atoms with van der Waals surface area (Å²) in [4.78, 5) is 12.9. The predicted molar refractivity (Wildman–Crippen MR) is 280 cm³/mol. The van der Waals surface area contributed by atoms with Crippen molar-refractivity contribution in [1.29, 1.82) is 0 Å². The van der Waals surface area contributed by atoms with Crippen LogP contribution in [-0.2, 0) is 38.3 Å². The maximum atomic E-state index is 12.9. The summed E-state index contributed by atoms with van der Waals surface area (Å²) < 4.78 is 59.4. The lowest BCUT2D eigenvalue weighted by Gasteiger charge is -2.41. The molecular formula is C56H104O12S. The Morgan fingerprint density at radius 3 is 1.41 bits per heavy atom. The van der Waals surface area contributed by atoms with E-state index < -0.39 is 59.8 Å². The largest absolute Gasteiger partial charge is 0.457 e. The van der Waals surface area contributed by atoms with Crippen molar-refractivity contribution in [3.63, 3.8) is 0 Å². The van der Waals surface area contributed by atoms with Gasteiger partial charge in [-0.1, -0.05) is 211 Å². The van der Waals surface area contributed by atoms with Crippen molar-refractivity contribution in [1.82, 2.24) is 0 Å². The maximum absolute atomic E-state index is 12.9. The molecule has 0 radical (unpaired) electrons. The molecule has 1 rings (SSSR count). The SMILES string of the molecule is CCCCCC/C=C\C/C=C\CCCCCCCCOCC(COC1OC(CO)C(O)C(OS(=O)(=O)O)C1O)OC(=O)CCCCCCCCCCCCCCC/C=C\CCCCCCCCCC. The summed E-state index contributed by atoms with van der Waals surface area (Å²) >= 11 is 0. The highest BCUT2D eigenvalue weighted by molar-refractivity contribution is 7.80. The van der Waals surface area contributed by atoms with E-state index in [2.05, 4.69) is 54.5 Å². The molecule has 0 aromatic heterocycles. The second-order valence-corrected chi connectivity index (χ2v) is 20.6. The molecule has 406 valence electrons. The number of unbranched alkanes of at least 4 members (excludes halogenated alkanes) is 31. The molecule has 1 aliphatic heterocycles. The Morgan fingerprint density at radius 1 is 0.551 bits per heavy atom. The summed E-state index contributed by atoms with van der Waals surface area (Å²) in [6.45, 7) is 3.99. The van der Waals surface area contributed by atoms with Gasteiger partial charge >= 0.3 is 16.4 Å². The Kier molecular flexibility index (Phi) is 44.8. The molecule has 0 bridgehead atoms. The standard InChI is InChI=1S/C56H104O12S/c1-3-5-7-9-11-13-15-17-19-21-22-23-24-25-26-27-28-29-31-33-35-37-39-41-43-45-52(58)66-50(49-65-56-54(60)55(68-69(61,62)63)53(59)51(47-57)67-56)48-64-46-44-42-40-38-36-34-32-30-20-18-16-14-12-10-8-6-4-2/h14,16,20-22,30,50-51,53-57,59-60H,3-13,15,17-19,23-29,31-49H2,1-2H3,(H,61,62,63)/b16-14-,22-21-,30-20-. The lowest BCUT2D eigenvalue weighted by molar-refractivity contribution is -0.301. The van der Waals surface area contributed by atoms with Gasteiger partial charge in [0.15, 0.2) is 6.29 Å². The zero-order chi connectivity index (χ0) is 50.3. The molecule has 13 heteroatoms. The van der Waals surface area contributed by atoms with E-state index in [9.17, 15) is 33.1 Å². The number of aliphatic hydroxyl groups excluding tert-OH is 3. The van der Waals surface area contributed by atoms with Crippen LogP contribution < -0.4 is 0 Å². The number of hydrogen-bond acceptors (Lipinski definition) is 11. The lowest BCUT2D eigenvalue weighted by Crippen LogP contribution is -2.60. The minimum atomic E-state index is -5.07. The van der Waals surface area contributed by atoms with Gasteiger partial charge in [0.1, 0.15) is 30.5 Å². The van der Waals surface area contributed by atoms with Gasteiger partial charge in [-0.25, -0.2) is 4.18 Å². The van der Waals surface area contributed by atoms with Gasteiger partial charge in [-0.2, -0.15) is 8.42 Å². The third kappa shape index (κ3) is 40.5. The summed E-state index contributed by atoms with van der Waals surface area (Å²) in [5.41, 5.74) is 0. The molecule has 0 aliphatic carbocycles. The zero-order valence-corrected chi connectivity index (χ0v) is 44.7. The number of esters is 1. The first-order valence-corrected chi connectivity index (χ1v) is 29.6. The van der Waals surface area contributed by atoms with Crippen LogP contribution in [0.25, 0.3) is 0 Å². The molecule has 0 saturated carbocycles. The van der Waals surface area contributed by atoms with E-state index in [-0.39, 0.29) is 19.6 Å². The van der Waals surface area contributed by atoms with Gasteiger partial charge in [0.05, 0.1) is 19.8 Å². The highest BCUT2D eigenvalue weighted by Gasteiger charge is 2.48. The van der Waals surface area contributed by atoms with Gasteiger partial charge < -0.3 is 34.3 Å². The van der Waals surface area contributed by atoms with E-state index in [4.69, 9.17) is 18.9 Å². The van der Waals surface area contributed by atoms with E-state index in [1.807, 2.05) is 0 Å². The summed E-state index contributed by atoms with van der Waals surface area (Å²) in [5.74, 6) is -0.400. The highest BCUT2D eigenvalue weighted by atomic mass is 32.3. The Bertz CT molecular complexity index is 1340. The third-order valence-corrected chi connectivity index (χ3v) is 13.5. The summed E-state index contributed by atoms with van der Waals surface area (Å²) in [6, 6.07) is 0. The Balaban J connectivity index is 2.29. The van der Waals surface area contributed by atoms with Gasteiger partial charge in [0.25, 0.3) is 0 Å². The number of carbonyl (C=O) groups excluding carboxylic acids is 1. The topological polar surface area (TPSA) is 178 Å². The van der Waals surface area contributed by atoms with E-state index in [0.29, 0.717) is 13.0 Å². The molecule has 0 amide bonds. The van der Waals surface area contributed by atoms with Gasteiger partial charge in [0.2, 0.25) is 0 Å². The van der Waals surface area contributed by atoms with Gasteiger partial charge in [-0.05, 0) is 70.6 Å². The molecule has 0 spiro atoms. The van der Waals surface area contributed by atoms with Crippen LogP contribution in [-0.4, -0.2) is 97.5 Å². The van der Waals surface area contributed by atoms with Crippen molar-refractivity contribution < 1.29 is 56.2 Å². The van der Waals surface area contributed by atoms with Crippen molar-refractivity contribution in [2.75, 3.05) is 26.4 Å². The number of rotatable bonds is 50. The quantitative estimate of drug-likeness (QED) is 0.0196. The van der Waals surface area contributed by atoms with Crippen LogP contribution in [0, 0.1) is 0 Å². The number of ether oxygens (including phenoxy) is 4. The molecule has 6 atom stereocenters. The van der Waals surface area contributed by atoms with Crippen LogP contribution in [0.2, 0.25) is 0 Å². The minimum absolute atomic E-state index is 0.0308. The monoisotopic (exact) mass is 1000 g/mol. The Morgan fingerprint density at radius 2 is 0.957 bits per heavy atom. The highest BCUT2D eigenvalue weighted by Crippen LogP contribution is 2.26. The molecule has 6 unspecified atom stereocenters. The fourth-order valence-corrected chi connectivity index (χ4v) is 9.21. The van der Waals surface area contributed by atoms with E-state index in [1.54, 1.807) is 0 Å². The van der Waals surface area contributed by atoms with Gasteiger partial charge in [-0.15, -0.1) is 0 Å². The van der Waals surface area contributed by atoms with Crippen LogP contribution in [0.5, 0.6) is 0 Å². The summed E-state index contributed by atoms with van der Waals surface area (Å²) in [6.07, 6.45) is 49.0. The number of carbonyl (C=O) groups is 1. The van der Waals surface area contributed by atoms with Crippen LogP contribution >= 0.6 is 0 Å². The number of aliphatic hydroxyl groups is 3. The predicted octanol–water partition coefficient (Wildman–Crippen LogP) is 13.7. The van der Waals surface area contributed by atoms with Crippen molar-refractivity contribution in [3.8, 4) is 0 Å². The fourth-order valence-electron chi connectivity index (χ4n) is 8.70. The average Bonchev–Trinajstić information content (AvgIpc) is 3.32. The Hall–Kier alpha value is -1.68. The van der Waals surface area contributed by atoms with E-state index >= 15 is 0 Å². The van der Waals surface area contributed by atoms with Gasteiger partial charge in [0, 0.05) is 13.0 Å². The van der Waals surface area contributed by atoms with Crippen LogP contribution in [0.1, 0.15) is 251 Å². The summed E-state index contributed by atoms with van der Waals surface area (Å²) in [5, 5.41) is 30.8. The van der Waals surface area contributed by atoms with Crippen LogP contribution in [0.15, 0.2) is 36.5 Å². The molecule has 1 saturated heterocycles. The third-order valence-electron chi connectivity index (χ3n) is 13.0. The molecular weight excluding hydrogens is 897 g/mol. The fraction of sp³-hybridized carbons (Fsp3) is 0.875. The molecule has 0 aromatic carbocycles. The van der Waals surface area contributed by atoms with E-state index in [0.717, 1.165) is 57.8 Å². The zero-order valence-electron chi connectivity index (χ0n) is 43.9. The minimum Gasteiger partial charge on any atom is -0.457 e. The normalized spacial score (nSPS) is 19.4. The second-order valence-electron chi connectivity index (χ2n) is 19.5. The molecule has 69 heavy (non-hydrogen) atoms. The number of hydrogen-bond donors (Lipinski definition) is 4. The molecule has 0 aromatic rings. The first-order chi connectivity index (χ1) is 33.6. The van der Waals surface area contributed by atoms with Crippen molar-refractivity contribution in [2.24, 2.45) is 0 Å². The second kappa shape index (κ2) is 47.3. The van der Waals surface area contributed by atoms with Gasteiger partial charge in [-0.3, -0.25) is 9.35 Å². The lowest BCUT2D eigenvalue weighted by atomic mass is 9.99. The molecule has 1 heterocycles. The molecule has 12 nitrogen and oxygen atoms in total. The van der Waals surface area contributed by atoms with Crippen molar-refractivity contribution >= 4 is 16.4 Å². The van der Waals surface area contributed by atoms with Crippen molar-refractivity contribution in [2.45, 2.75) is 288 Å². The van der Waals surface area contributed by atoms with Crippen LogP contribution in [0.3, 0.4) is 0 Å². The van der Waals surface area contributed by atoms with E-state index in [1.165, 1.54) is 167 Å². The first kappa shape index (κ1) is 65.3. The Labute approximate surface area is 422 Å². The average molecular weight is 1000 g/mol. The first-order valence-electron chi connectivity index (χ1n) is 28.2. The summed E-state index contributed by atoms with van der Waals surface area (Å²) in [7, 11) is -5.07. The molecule has 4 N–H and O–H groups in total. The smallest absolute Gasteiger partial charge is 0.397 e. The van der Waals surface area contributed by atoms with Crippen LogP contribution in [0.4, 0.5) is 0 Å². The van der Waals surface area contributed by atoms with Crippen molar-refractivity contribution in [3.05, 3.63) is 36.5 Å². The molecule has 1 aliphatic rings. The maximum Gasteiger partial charge on any atom is 0.397 e.